The topological polar surface area (TPSA) is 46.2 Å². The summed E-state index contributed by atoms with van der Waals surface area (Å²) in [5.41, 5.74) is 1.90. The van der Waals surface area contributed by atoms with Gasteiger partial charge in [0.2, 0.25) is 5.91 Å². The number of rotatable bonds is 6. The molecule has 3 nitrogen and oxygen atoms in total. The van der Waals surface area contributed by atoms with E-state index in [9.17, 15) is 14.0 Å². The average Bonchev–Trinajstić information content (AvgIpc) is 3.36. The minimum Gasteiger partial charge on any atom is -0.326 e. The van der Waals surface area contributed by atoms with Gasteiger partial charge in [0, 0.05) is 28.1 Å². The van der Waals surface area contributed by atoms with Crippen molar-refractivity contribution in [1.82, 2.24) is 0 Å². The van der Waals surface area contributed by atoms with Crippen LogP contribution in [0, 0.1) is 11.7 Å². The fourth-order valence-electron chi connectivity index (χ4n) is 3.74. The Kier molecular flexibility index (Phi) is 7.54. The Morgan fingerprint density at radius 1 is 0.971 bits per heavy atom. The number of Topliss-reactive ketones (excluding diaryl/α,β-unsaturated/α-hetero) is 1. The van der Waals surface area contributed by atoms with Crippen molar-refractivity contribution >= 4 is 91.3 Å². The highest BCUT2D eigenvalue weighted by atomic mass is 79.9. The first kappa shape index (κ1) is 25.7. The lowest BCUT2D eigenvalue weighted by Gasteiger charge is -2.09. The molecule has 1 amide bonds. The predicted molar refractivity (Wildman–Crippen MR) is 139 cm³/mol. The molecule has 0 spiro atoms. The highest BCUT2D eigenvalue weighted by Gasteiger charge is 2.67. The second-order valence-corrected chi connectivity index (χ2v) is 11.3. The Hall–Kier alpha value is -1.34. The summed E-state index contributed by atoms with van der Waals surface area (Å²) >= 11 is 34.7. The zero-order chi connectivity index (χ0) is 24.8. The van der Waals surface area contributed by atoms with Crippen molar-refractivity contribution < 1.29 is 14.0 Å². The van der Waals surface area contributed by atoms with Crippen molar-refractivity contribution in [2.24, 2.45) is 5.92 Å². The number of alkyl halides is 2. The molecule has 0 heterocycles. The zero-order valence-corrected chi connectivity index (χ0v) is 22.4. The van der Waals surface area contributed by atoms with Crippen LogP contribution in [0.1, 0.15) is 27.4 Å². The minimum absolute atomic E-state index is 0.0285. The van der Waals surface area contributed by atoms with Crippen LogP contribution in [0.15, 0.2) is 59.1 Å². The van der Waals surface area contributed by atoms with E-state index in [1.54, 1.807) is 18.2 Å². The molecule has 0 aliphatic heterocycles. The van der Waals surface area contributed by atoms with Gasteiger partial charge in [-0.05, 0) is 69.5 Å². The van der Waals surface area contributed by atoms with Crippen LogP contribution < -0.4 is 5.32 Å². The van der Waals surface area contributed by atoms with Crippen LogP contribution in [0.3, 0.4) is 0 Å². The van der Waals surface area contributed by atoms with Gasteiger partial charge in [0.25, 0.3) is 0 Å². The maximum atomic E-state index is 13.1. The third-order valence-electron chi connectivity index (χ3n) is 5.51. The summed E-state index contributed by atoms with van der Waals surface area (Å²) in [5, 5.41) is 3.65. The van der Waals surface area contributed by atoms with Crippen LogP contribution in [0.4, 0.5) is 10.1 Å². The maximum Gasteiger partial charge on any atom is 0.231 e. The summed E-state index contributed by atoms with van der Waals surface area (Å²) in [7, 11) is 0. The van der Waals surface area contributed by atoms with Crippen LogP contribution in [-0.2, 0) is 11.2 Å². The van der Waals surface area contributed by atoms with E-state index in [4.69, 9.17) is 58.0 Å². The van der Waals surface area contributed by atoms with Crippen molar-refractivity contribution in [3.05, 3.63) is 96.6 Å². The molecule has 34 heavy (non-hydrogen) atoms. The monoisotopic (exact) mass is 621 g/mol. The zero-order valence-electron chi connectivity index (χ0n) is 17.0. The minimum atomic E-state index is -1.34. The van der Waals surface area contributed by atoms with Crippen LogP contribution >= 0.6 is 73.9 Å². The molecule has 3 aromatic carbocycles. The SMILES string of the molecule is O=C(Cc1ccc(F)cc1)c1cc(NC(=O)C2C(c3cc(Cl)c(Cl)c(Br)c3)C2(Cl)Cl)ccc1Cl. The second kappa shape index (κ2) is 9.96. The van der Waals surface area contributed by atoms with Crippen molar-refractivity contribution in [3.63, 3.8) is 0 Å². The fraction of sp³-hybridized carbons (Fsp3) is 0.167. The van der Waals surface area contributed by atoms with E-state index in [0.29, 0.717) is 31.3 Å². The van der Waals surface area contributed by atoms with E-state index in [2.05, 4.69) is 21.2 Å². The highest BCUT2D eigenvalue weighted by molar-refractivity contribution is 9.10. The first-order valence-electron chi connectivity index (χ1n) is 9.89. The number of amides is 1. The van der Waals surface area contributed by atoms with Crippen LogP contribution in [0.2, 0.25) is 15.1 Å². The van der Waals surface area contributed by atoms with Crippen molar-refractivity contribution in [3.8, 4) is 0 Å². The molecular weight excluding hydrogens is 610 g/mol. The average molecular weight is 625 g/mol. The molecular formula is C24H14BrCl5FNO2. The number of ketones is 1. The molecule has 0 aromatic heterocycles. The van der Waals surface area contributed by atoms with Gasteiger partial charge in [-0.15, -0.1) is 23.2 Å². The fourth-order valence-corrected chi connectivity index (χ4v) is 5.72. The quantitative estimate of drug-likeness (QED) is 0.170. The van der Waals surface area contributed by atoms with Gasteiger partial charge in [-0.2, -0.15) is 0 Å². The van der Waals surface area contributed by atoms with Crippen LogP contribution in [-0.4, -0.2) is 16.0 Å². The predicted octanol–water partition coefficient (Wildman–Crippen LogP) is 8.50. The van der Waals surface area contributed by atoms with E-state index >= 15 is 0 Å². The van der Waals surface area contributed by atoms with Gasteiger partial charge in [0.15, 0.2) is 5.78 Å². The van der Waals surface area contributed by atoms with E-state index in [0.717, 1.165) is 0 Å². The van der Waals surface area contributed by atoms with Crippen molar-refractivity contribution in [1.29, 1.82) is 0 Å². The maximum absolute atomic E-state index is 13.1. The molecule has 1 N–H and O–H groups in total. The van der Waals surface area contributed by atoms with Crippen LogP contribution in [0.25, 0.3) is 0 Å². The number of anilines is 1. The molecule has 1 saturated carbocycles. The Balaban J connectivity index is 1.51. The summed E-state index contributed by atoms with van der Waals surface area (Å²) < 4.78 is 12.3. The summed E-state index contributed by atoms with van der Waals surface area (Å²) in [6.07, 6.45) is 0.0285. The molecule has 0 saturated heterocycles. The highest BCUT2D eigenvalue weighted by Crippen LogP contribution is 2.65. The lowest BCUT2D eigenvalue weighted by Crippen LogP contribution is -2.17. The largest absolute Gasteiger partial charge is 0.326 e. The second-order valence-electron chi connectivity index (χ2n) is 7.84. The van der Waals surface area contributed by atoms with Gasteiger partial charge in [0.05, 0.1) is 21.0 Å². The molecule has 1 aliphatic rings. The first-order chi connectivity index (χ1) is 16.0. The third kappa shape index (κ3) is 5.25. The lowest BCUT2D eigenvalue weighted by molar-refractivity contribution is -0.117. The molecule has 0 bridgehead atoms. The molecule has 0 radical (unpaired) electrons. The Bertz CT molecular complexity index is 1280. The number of carbonyl (C=O) groups is 2. The summed E-state index contributed by atoms with van der Waals surface area (Å²) in [6.45, 7) is 0. The molecule has 176 valence electrons. The van der Waals surface area contributed by atoms with Crippen LogP contribution in [0.5, 0.6) is 0 Å². The molecule has 3 aromatic rings. The number of carbonyl (C=O) groups excluding carboxylic acids is 2. The number of benzene rings is 3. The molecule has 4 rings (SSSR count). The Labute approximate surface area is 228 Å². The Morgan fingerprint density at radius 3 is 2.29 bits per heavy atom. The molecule has 1 fully saturated rings. The van der Waals surface area contributed by atoms with E-state index in [1.165, 1.54) is 36.4 Å². The lowest BCUT2D eigenvalue weighted by atomic mass is 10.0. The number of hydrogen-bond donors (Lipinski definition) is 1. The van der Waals surface area contributed by atoms with Gasteiger partial charge in [-0.25, -0.2) is 4.39 Å². The Morgan fingerprint density at radius 2 is 1.65 bits per heavy atom. The molecule has 1 aliphatic carbocycles. The van der Waals surface area contributed by atoms with Gasteiger partial charge < -0.3 is 5.32 Å². The molecule has 2 atom stereocenters. The summed E-state index contributed by atoms with van der Waals surface area (Å²) in [5.74, 6) is -2.35. The normalized spacial score (nSPS) is 18.4. The number of halogens is 7. The van der Waals surface area contributed by atoms with Gasteiger partial charge in [0.1, 0.15) is 10.2 Å². The van der Waals surface area contributed by atoms with E-state index < -0.39 is 22.1 Å². The summed E-state index contributed by atoms with van der Waals surface area (Å²) in [6, 6.07) is 13.6. The van der Waals surface area contributed by atoms with E-state index in [1.807, 2.05) is 0 Å². The standard InChI is InChI=1S/C24H14BrCl5FNO2/c25-16-8-12(9-18(27)22(16)28)20-21(24(20,29)30)23(34)32-14-5-6-17(26)15(10-14)19(33)7-11-1-3-13(31)4-2-11/h1-6,8-10,20-21H,7H2,(H,32,34). The van der Waals surface area contributed by atoms with Gasteiger partial charge in [-0.3, -0.25) is 9.59 Å². The van der Waals surface area contributed by atoms with Gasteiger partial charge in [-0.1, -0.05) is 46.9 Å². The molecule has 2 unspecified atom stereocenters. The molecule has 10 heteroatoms. The third-order valence-corrected chi connectivity index (χ3v) is 8.44. The van der Waals surface area contributed by atoms with Crippen molar-refractivity contribution in [2.45, 2.75) is 16.7 Å². The van der Waals surface area contributed by atoms with Gasteiger partial charge >= 0.3 is 0 Å². The summed E-state index contributed by atoms with van der Waals surface area (Å²) in [4.78, 5) is 25.8. The number of nitrogens with one attached hydrogen (secondary N) is 1. The smallest absolute Gasteiger partial charge is 0.231 e. The van der Waals surface area contributed by atoms with Crippen molar-refractivity contribution in [2.75, 3.05) is 5.32 Å². The number of hydrogen-bond acceptors (Lipinski definition) is 2. The van der Waals surface area contributed by atoms with E-state index in [-0.39, 0.29) is 28.6 Å². The first-order valence-corrected chi connectivity index (χ1v) is 12.6.